The smallest absolute Gasteiger partial charge is 0.254 e. The van der Waals surface area contributed by atoms with E-state index in [2.05, 4.69) is 10.6 Å². The quantitative estimate of drug-likeness (QED) is 0.330. The number of amides is 3. The second-order valence-corrected chi connectivity index (χ2v) is 10.4. The first-order valence-corrected chi connectivity index (χ1v) is 13.7. The molecule has 8 heteroatoms. The molecule has 0 aliphatic carbocycles. The van der Waals surface area contributed by atoms with Gasteiger partial charge in [0.05, 0.1) is 6.04 Å². The van der Waals surface area contributed by atoms with Crippen LogP contribution in [-0.4, -0.2) is 57.6 Å². The number of aliphatic hydroxyl groups is 1. The predicted molar refractivity (Wildman–Crippen MR) is 153 cm³/mol. The van der Waals surface area contributed by atoms with Crippen molar-refractivity contribution < 1.29 is 24.6 Å². The number of hydrogen-bond acceptors (Lipinski definition) is 5. The number of carbonyl (C=O) groups excluding carboxylic acids is 3. The van der Waals surface area contributed by atoms with E-state index >= 15 is 0 Å². The summed E-state index contributed by atoms with van der Waals surface area (Å²) in [5, 5.41) is 27.2. The van der Waals surface area contributed by atoms with Crippen LogP contribution in [0.4, 0.5) is 0 Å². The molecule has 3 aromatic rings. The minimum Gasteiger partial charge on any atom is -0.508 e. The third-order valence-corrected chi connectivity index (χ3v) is 7.60. The fourth-order valence-electron chi connectivity index (χ4n) is 5.14. The average molecular weight is 544 g/mol. The van der Waals surface area contributed by atoms with E-state index in [1.165, 1.54) is 11.0 Å². The molecule has 4 rings (SSSR count). The molecule has 3 atom stereocenters. The van der Waals surface area contributed by atoms with Crippen molar-refractivity contribution in [3.8, 4) is 5.75 Å². The van der Waals surface area contributed by atoms with Gasteiger partial charge in [-0.25, -0.2) is 0 Å². The monoisotopic (exact) mass is 543 g/mol. The zero-order chi connectivity index (χ0) is 28.6. The fourth-order valence-corrected chi connectivity index (χ4v) is 5.14. The Balaban J connectivity index is 1.52. The number of nitrogens with one attached hydrogen (secondary N) is 2. The van der Waals surface area contributed by atoms with Crippen LogP contribution in [0.25, 0.3) is 0 Å². The molecule has 3 aromatic carbocycles. The zero-order valence-electron chi connectivity index (χ0n) is 23.0. The number of aryl methyl sites for hydroxylation is 1. The lowest BCUT2D eigenvalue weighted by atomic mass is 9.96. The number of carbonyl (C=O) groups is 3. The van der Waals surface area contributed by atoms with Gasteiger partial charge in [0.2, 0.25) is 5.91 Å². The summed E-state index contributed by atoms with van der Waals surface area (Å²) in [7, 11) is 0. The molecule has 3 amide bonds. The minimum atomic E-state index is -1.58. The van der Waals surface area contributed by atoms with E-state index in [4.69, 9.17) is 0 Å². The first kappa shape index (κ1) is 28.8. The third-order valence-electron chi connectivity index (χ3n) is 7.60. The van der Waals surface area contributed by atoms with Crippen LogP contribution in [0.15, 0.2) is 72.8 Å². The normalized spacial score (nSPS) is 16.6. The van der Waals surface area contributed by atoms with Crippen molar-refractivity contribution in [2.24, 2.45) is 0 Å². The molecule has 1 fully saturated rings. The summed E-state index contributed by atoms with van der Waals surface area (Å²) in [5.41, 5.74) is 3.55. The van der Waals surface area contributed by atoms with Gasteiger partial charge in [0.1, 0.15) is 11.8 Å². The Bertz CT molecular complexity index is 1340. The molecule has 8 nitrogen and oxygen atoms in total. The number of likely N-dealkylation sites (tertiary alicyclic amines) is 1. The van der Waals surface area contributed by atoms with Gasteiger partial charge in [0, 0.05) is 24.2 Å². The summed E-state index contributed by atoms with van der Waals surface area (Å²) < 4.78 is 0. The lowest BCUT2D eigenvalue weighted by Gasteiger charge is -2.37. The van der Waals surface area contributed by atoms with Crippen molar-refractivity contribution in [3.63, 3.8) is 0 Å². The van der Waals surface area contributed by atoms with Gasteiger partial charge >= 0.3 is 0 Å². The van der Waals surface area contributed by atoms with E-state index in [0.717, 1.165) is 29.5 Å². The van der Waals surface area contributed by atoms with Crippen molar-refractivity contribution in [1.82, 2.24) is 15.5 Å². The molecule has 4 N–H and O–H groups in total. The summed E-state index contributed by atoms with van der Waals surface area (Å²) >= 11 is 0. The lowest BCUT2D eigenvalue weighted by Crippen LogP contribution is -2.58. The Kier molecular flexibility index (Phi) is 9.56. The first-order valence-electron chi connectivity index (χ1n) is 13.7. The molecule has 0 bridgehead atoms. The van der Waals surface area contributed by atoms with Gasteiger partial charge in [0.15, 0.2) is 6.10 Å². The van der Waals surface area contributed by atoms with E-state index in [1.54, 1.807) is 19.1 Å². The maximum atomic E-state index is 13.7. The van der Waals surface area contributed by atoms with Crippen LogP contribution in [0, 0.1) is 13.8 Å². The zero-order valence-corrected chi connectivity index (χ0v) is 23.0. The SMILES string of the molecule is Cc1ccccc1CNC(=O)C1CCCCN1C(=O)C(O)C(Cc1ccccc1)NC(=O)c1cccc(O)c1C. The van der Waals surface area contributed by atoms with Crippen LogP contribution >= 0.6 is 0 Å². The van der Waals surface area contributed by atoms with Gasteiger partial charge in [-0.15, -0.1) is 0 Å². The molecule has 0 aromatic heterocycles. The van der Waals surface area contributed by atoms with Gasteiger partial charge in [-0.05, 0) is 68.4 Å². The van der Waals surface area contributed by atoms with Crippen LogP contribution < -0.4 is 10.6 Å². The maximum Gasteiger partial charge on any atom is 0.254 e. The summed E-state index contributed by atoms with van der Waals surface area (Å²) in [6.07, 6.45) is 0.638. The summed E-state index contributed by atoms with van der Waals surface area (Å²) in [5.74, 6) is -1.38. The highest BCUT2D eigenvalue weighted by molar-refractivity contribution is 5.97. The molecule has 1 heterocycles. The number of aliphatic hydroxyl groups excluding tert-OH is 1. The number of phenolic OH excluding ortho intramolecular Hbond substituents is 1. The number of aromatic hydroxyl groups is 1. The molecule has 1 aliphatic rings. The number of rotatable bonds is 9. The highest BCUT2D eigenvalue weighted by Crippen LogP contribution is 2.22. The molecule has 3 unspecified atom stereocenters. The number of phenols is 1. The van der Waals surface area contributed by atoms with Gasteiger partial charge in [-0.1, -0.05) is 60.7 Å². The summed E-state index contributed by atoms with van der Waals surface area (Å²) in [6.45, 7) is 4.30. The van der Waals surface area contributed by atoms with E-state index in [1.807, 2.05) is 61.5 Å². The number of benzene rings is 3. The highest BCUT2D eigenvalue weighted by Gasteiger charge is 2.38. The molecule has 0 spiro atoms. The largest absolute Gasteiger partial charge is 0.508 e. The summed E-state index contributed by atoms with van der Waals surface area (Å²) in [4.78, 5) is 41.6. The molecule has 210 valence electrons. The van der Waals surface area contributed by atoms with Gasteiger partial charge in [-0.3, -0.25) is 14.4 Å². The van der Waals surface area contributed by atoms with Crippen LogP contribution in [0.5, 0.6) is 5.75 Å². The van der Waals surface area contributed by atoms with E-state index < -0.39 is 30.0 Å². The Hall–Kier alpha value is -4.17. The maximum absolute atomic E-state index is 13.7. The van der Waals surface area contributed by atoms with Gasteiger partial charge < -0.3 is 25.7 Å². The summed E-state index contributed by atoms with van der Waals surface area (Å²) in [6, 6.07) is 20.0. The number of nitrogens with zero attached hydrogens (tertiary/aromatic N) is 1. The van der Waals surface area contributed by atoms with Crippen LogP contribution in [-0.2, 0) is 22.6 Å². The molecule has 0 radical (unpaired) electrons. The molecular formula is C32H37N3O5. The van der Waals surface area contributed by atoms with E-state index in [0.29, 0.717) is 25.1 Å². The van der Waals surface area contributed by atoms with Crippen LogP contribution in [0.1, 0.15) is 51.9 Å². The highest BCUT2D eigenvalue weighted by atomic mass is 16.3. The van der Waals surface area contributed by atoms with Crippen LogP contribution in [0.2, 0.25) is 0 Å². The van der Waals surface area contributed by atoms with E-state index in [-0.39, 0.29) is 23.6 Å². The standard InChI is InChI=1S/C32H37N3O5/c1-21-11-6-7-14-24(21)20-33-31(39)27-16-8-9-18-35(27)32(40)29(37)26(19-23-12-4-3-5-13-23)34-30(38)25-15-10-17-28(36)22(25)2/h3-7,10-15,17,26-27,29,36-37H,8-9,16,18-20H2,1-2H3,(H,33,39)(H,34,38). The molecule has 1 saturated heterocycles. The van der Waals surface area contributed by atoms with Crippen molar-refractivity contribution in [3.05, 3.63) is 101 Å². The number of hydrogen-bond donors (Lipinski definition) is 4. The Morgan fingerprint density at radius 3 is 2.42 bits per heavy atom. The fraction of sp³-hybridized carbons (Fsp3) is 0.344. The number of piperidine rings is 1. The Labute approximate surface area is 235 Å². The van der Waals surface area contributed by atoms with Crippen molar-refractivity contribution in [2.75, 3.05) is 6.54 Å². The second-order valence-electron chi connectivity index (χ2n) is 10.4. The molecule has 40 heavy (non-hydrogen) atoms. The lowest BCUT2D eigenvalue weighted by molar-refractivity contribution is -0.150. The Morgan fingerprint density at radius 2 is 1.68 bits per heavy atom. The molecule has 1 aliphatic heterocycles. The van der Waals surface area contributed by atoms with Gasteiger partial charge in [0.25, 0.3) is 11.8 Å². The average Bonchev–Trinajstić information content (AvgIpc) is 2.97. The topological polar surface area (TPSA) is 119 Å². The van der Waals surface area contributed by atoms with E-state index in [9.17, 15) is 24.6 Å². The van der Waals surface area contributed by atoms with Crippen molar-refractivity contribution in [1.29, 1.82) is 0 Å². The third kappa shape index (κ3) is 6.87. The minimum absolute atomic E-state index is 0.0169. The molecular weight excluding hydrogens is 506 g/mol. The Morgan fingerprint density at radius 1 is 0.950 bits per heavy atom. The first-order chi connectivity index (χ1) is 19.3. The van der Waals surface area contributed by atoms with Crippen molar-refractivity contribution in [2.45, 2.75) is 64.3 Å². The predicted octanol–water partition coefficient (Wildman–Crippen LogP) is 3.41. The molecule has 0 saturated carbocycles. The van der Waals surface area contributed by atoms with Gasteiger partial charge in [-0.2, -0.15) is 0 Å². The van der Waals surface area contributed by atoms with Crippen molar-refractivity contribution >= 4 is 17.7 Å². The second kappa shape index (κ2) is 13.3. The van der Waals surface area contributed by atoms with Crippen LogP contribution in [0.3, 0.4) is 0 Å².